The molecular weight excluding hydrogens is 542 g/mol. The van der Waals surface area contributed by atoms with Crippen LogP contribution in [0.1, 0.15) is 27.0 Å². The third kappa shape index (κ3) is 5.70. The zero-order valence-electron chi connectivity index (χ0n) is 17.5. The standard InChI is InChI=1S/C25H17BrClNO5S/c26-19-8-3-15(4-9-19)13-28-23(29)22(34-25(28)32)12-17-5-10-21(20(27)11-17)33-14-16-1-6-18(7-2-16)24(30)31/h1-12H,13-14H2,(H,30,31)/b22-12-. The van der Waals surface area contributed by atoms with Crippen LogP contribution in [-0.2, 0) is 17.9 Å². The summed E-state index contributed by atoms with van der Waals surface area (Å²) in [5.74, 6) is -0.888. The van der Waals surface area contributed by atoms with Crippen LogP contribution >= 0.6 is 39.3 Å². The molecule has 0 unspecified atom stereocenters. The normalized spacial score (nSPS) is 14.6. The van der Waals surface area contributed by atoms with E-state index in [9.17, 15) is 14.4 Å². The first-order chi connectivity index (χ1) is 16.3. The quantitative estimate of drug-likeness (QED) is 0.328. The molecule has 0 spiro atoms. The average Bonchev–Trinajstić information content (AvgIpc) is 3.07. The Balaban J connectivity index is 1.42. The van der Waals surface area contributed by atoms with E-state index in [1.54, 1.807) is 36.4 Å². The molecule has 2 amide bonds. The number of carbonyl (C=O) groups is 3. The highest BCUT2D eigenvalue weighted by atomic mass is 79.9. The first-order valence-electron chi connectivity index (χ1n) is 10.0. The molecule has 6 nitrogen and oxygen atoms in total. The van der Waals surface area contributed by atoms with Gasteiger partial charge in [-0.2, -0.15) is 0 Å². The van der Waals surface area contributed by atoms with E-state index in [-0.39, 0.29) is 29.9 Å². The Morgan fingerprint density at radius 2 is 1.71 bits per heavy atom. The fraction of sp³-hybridized carbons (Fsp3) is 0.0800. The van der Waals surface area contributed by atoms with Crippen LogP contribution in [-0.4, -0.2) is 27.1 Å². The lowest BCUT2D eigenvalue weighted by Gasteiger charge is -2.12. The van der Waals surface area contributed by atoms with E-state index in [4.69, 9.17) is 21.4 Å². The van der Waals surface area contributed by atoms with E-state index in [1.165, 1.54) is 17.0 Å². The number of hydrogen-bond donors (Lipinski definition) is 1. The van der Waals surface area contributed by atoms with Gasteiger partial charge in [0.25, 0.3) is 11.1 Å². The maximum Gasteiger partial charge on any atom is 0.335 e. The van der Waals surface area contributed by atoms with Gasteiger partial charge in [0, 0.05) is 4.47 Å². The topological polar surface area (TPSA) is 83.9 Å². The van der Waals surface area contributed by atoms with Gasteiger partial charge in [0.15, 0.2) is 0 Å². The fourth-order valence-corrected chi connectivity index (χ4v) is 4.53. The van der Waals surface area contributed by atoms with Gasteiger partial charge >= 0.3 is 5.97 Å². The van der Waals surface area contributed by atoms with E-state index in [2.05, 4.69) is 15.9 Å². The van der Waals surface area contributed by atoms with E-state index in [0.29, 0.717) is 21.2 Å². The molecule has 172 valence electrons. The van der Waals surface area contributed by atoms with Crippen LogP contribution in [0.3, 0.4) is 0 Å². The zero-order chi connectivity index (χ0) is 24.2. The summed E-state index contributed by atoms with van der Waals surface area (Å²) in [5.41, 5.74) is 2.52. The highest BCUT2D eigenvalue weighted by molar-refractivity contribution is 9.10. The second-order valence-corrected chi connectivity index (χ2v) is 9.69. The number of carboxylic acid groups (broad SMARTS) is 1. The molecule has 4 rings (SSSR count). The zero-order valence-corrected chi connectivity index (χ0v) is 20.7. The van der Waals surface area contributed by atoms with E-state index < -0.39 is 5.97 Å². The molecule has 34 heavy (non-hydrogen) atoms. The monoisotopic (exact) mass is 557 g/mol. The number of ether oxygens (including phenoxy) is 1. The summed E-state index contributed by atoms with van der Waals surface area (Å²) in [6.45, 7) is 0.421. The Labute approximate surface area is 213 Å². The number of carboxylic acids is 1. The molecule has 0 radical (unpaired) electrons. The maximum atomic E-state index is 12.8. The SMILES string of the molecule is O=C(O)c1ccc(COc2ccc(/C=C3\SC(=O)N(Cc4ccc(Br)cc4)C3=O)cc2Cl)cc1. The highest BCUT2D eigenvalue weighted by Gasteiger charge is 2.35. The number of halogens is 2. The van der Waals surface area contributed by atoms with Gasteiger partial charge in [0.2, 0.25) is 0 Å². The minimum atomic E-state index is -0.989. The molecule has 1 fully saturated rings. The predicted octanol–water partition coefficient (Wildman–Crippen LogP) is 6.62. The van der Waals surface area contributed by atoms with Gasteiger partial charge < -0.3 is 9.84 Å². The van der Waals surface area contributed by atoms with Gasteiger partial charge in [0.1, 0.15) is 12.4 Å². The van der Waals surface area contributed by atoms with Crippen molar-refractivity contribution in [2.45, 2.75) is 13.2 Å². The first-order valence-corrected chi connectivity index (χ1v) is 12.0. The molecular formula is C25H17BrClNO5S. The van der Waals surface area contributed by atoms with E-state index in [0.717, 1.165) is 27.4 Å². The molecule has 0 atom stereocenters. The fourth-order valence-electron chi connectivity index (χ4n) is 3.19. The molecule has 0 aromatic heterocycles. The third-order valence-corrected chi connectivity index (χ3v) is 6.71. The Kier molecular flexibility index (Phi) is 7.41. The van der Waals surface area contributed by atoms with Crippen molar-refractivity contribution < 1.29 is 24.2 Å². The summed E-state index contributed by atoms with van der Waals surface area (Å²) < 4.78 is 6.66. The molecule has 1 N–H and O–H groups in total. The molecule has 3 aromatic rings. The summed E-state index contributed by atoms with van der Waals surface area (Å²) >= 11 is 10.6. The van der Waals surface area contributed by atoms with Crippen molar-refractivity contribution in [2.24, 2.45) is 0 Å². The van der Waals surface area contributed by atoms with Crippen molar-refractivity contribution in [3.05, 3.63) is 103 Å². The van der Waals surface area contributed by atoms with Crippen molar-refractivity contribution in [1.29, 1.82) is 0 Å². The molecule has 1 heterocycles. The number of aromatic carboxylic acids is 1. The Hall–Kier alpha value is -3.07. The van der Waals surface area contributed by atoms with Crippen LogP contribution in [0.15, 0.2) is 76.1 Å². The summed E-state index contributed by atoms with van der Waals surface area (Å²) in [6, 6.07) is 18.9. The molecule has 1 aliphatic heterocycles. The smallest absolute Gasteiger partial charge is 0.335 e. The second-order valence-electron chi connectivity index (χ2n) is 7.37. The molecule has 9 heteroatoms. The Morgan fingerprint density at radius 1 is 1.03 bits per heavy atom. The highest BCUT2D eigenvalue weighted by Crippen LogP contribution is 2.35. The first kappa shape index (κ1) is 24.1. The lowest BCUT2D eigenvalue weighted by Crippen LogP contribution is -2.27. The summed E-state index contributed by atoms with van der Waals surface area (Å²) in [4.78, 5) is 37.7. The van der Waals surface area contributed by atoms with Crippen LogP contribution in [0.2, 0.25) is 5.02 Å². The van der Waals surface area contributed by atoms with Gasteiger partial charge in [0.05, 0.1) is 22.0 Å². The summed E-state index contributed by atoms with van der Waals surface area (Å²) in [7, 11) is 0. The van der Waals surface area contributed by atoms with Crippen LogP contribution < -0.4 is 4.74 Å². The lowest BCUT2D eigenvalue weighted by molar-refractivity contribution is -0.123. The lowest BCUT2D eigenvalue weighted by atomic mass is 10.1. The molecule has 1 aliphatic rings. The molecule has 0 aliphatic carbocycles. The number of hydrogen-bond acceptors (Lipinski definition) is 5. The number of nitrogens with zero attached hydrogens (tertiary/aromatic N) is 1. The average molecular weight is 559 g/mol. The number of rotatable bonds is 7. The number of benzene rings is 3. The molecule has 1 saturated heterocycles. The van der Waals surface area contributed by atoms with Gasteiger partial charge in [-0.15, -0.1) is 0 Å². The van der Waals surface area contributed by atoms with E-state index >= 15 is 0 Å². The minimum absolute atomic E-state index is 0.201. The largest absolute Gasteiger partial charge is 0.487 e. The van der Waals surface area contributed by atoms with Gasteiger partial charge in [-0.25, -0.2) is 4.79 Å². The van der Waals surface area contributed by atoms with Gasteiger partial charge in [-0.1, -0.05) is 57.9 Å². The van der Waals surface area contributed by atoms with E-state index in [1.807, 2.05) is 24.3 Å². The third-order valence-electron chi connectivity index (χ3n) is 4.98. The summed E-state index contributed by atoms with van der Waals surface area (Å²) in [5, 5.41) is 9.00. The van der Waals surface area contributed by atoms with Crippen molar-refractivity contribution in [1.82, 2.24) is 4.90 Å². The van der Waals surface area contributed by atoms with Crippen molar-refractivity contribution in [3.8, 4) is 5.75 Å². The van der Waals surface area contributed by atoms with Gasteiger partial charge in [-0.3, -0.25) is 14.5 Å². The van der Waals surface area contributed by atoms with Crippen LogP contribution in [0, 0.1) is 0 Å². The minimum Gasteiger partial charge on any atom is -0.487 e. The molecule has 0 bridgehead atoms. The van der Waals surface area contributed by atoms with Crippen molar-refractivity contribution in [2.75, 3.05) is 0 Å². The number of thioether (sulfide) groups is 1. The van der Waals surface area contributed by atoms with Crippen molar-refractivity contribution >= 4 is 62.5 Å². The Bertz CT molecular complexity index is 1290. The van der Waals surface area contributed by atoms with Crippen molar-refractivity contribution in [3.63, 3.8) is 0 Å². The summed E-state index contributed by atoms with van der Waals surface area (Å²) in [6.07, 6.45) is 1.63. The molecule has 0 saturated carbocycles. The number of imide groups is 1. The maximum absolute atomic E-state index is 12.8. The van der Waals surface area contributed by atoms with Gasteiger partial charge in [-0.05, 0) is 70.9 Å². The van der Waals surface area contributed by atoms with Crippen LogP contribution in [0.5, 0.6) is 5.75 Å². The Morgan fingerprint density at radius 3 is 2.35 bits per heavy atom. The predicted molar refractivity (Wildman–Crippen MR) is 135 cm³/mol. The second kappa shape index (κ2) is 10.5. The number of amides is 2. The number of carbonyl (C=O) groups excluding carboxylic acids is 2. The van der Waals surface area contributed by atoms with Crippen LogP contribution in [0.25, 0.3) is 6.08 Å². The van der Waals surface area contributed by atoms with Crippen LogP contribution in [0.4, 0.5) is 4.79 Å². The molecule has 3 aromatic carbocycles.